The van der Waals surface area contributed by atoms with E-state index in [2.05, 4.69) is 53.5 Å². The third-order valence-corrected chi connectivity index (χ3v) is 3.93. The topological polar surface area (TPSA) is 49.8 Å². The predicted molar refractivity (Wildman–Crippen MR) is 81.9 cm³/mol. The van der Waals surface area contributed by atoms with Crippen LogP contribution in [-0.2, 0) is 0 Å². The fourth-order valence-corrected chi connectivity index (χ4v) is 2.63. The van der Waals surface area contributed by atoms with Gasteiger partial charge >= 0.3 is 0 Å². The molecule has 0 amide bonds. The quantitative estimate of drug-likeness (QED) is 0.841. The van der Waals surface area contributed by atoms with Crippen LogP contribution in [0.1, 0.15) is 36.1 Å². The lowest BCUT2D eigenvalue weighted by Gasteiger charge is -2.13. The number of nitrogens with zero attached hydrogens (tertiary/aromatic N) is 2. The number of hydrogen-bond acceptors (Lipinski definition) is 5. The molecule has 4 nitrogen and oxygen atoms in total. The van der Waals surface area contributed by atoms with Gasteiger partial charge in [0.25, 0.3) is 0 Å². The lowest BCUT2D eigenvalue weighted by molar-refractivity contribution is 0.890. The smallest absolute Gasteiger partial charge is 0.147 e. The maximum Gasteiger partial charge on any atom is 0.147 e. The molecule has 2 rings (SSSR count). The van der Waals surface area contributed by atoms with Crippen molar-refractivity contribution in [2.45, 2.75) is 33.2 Å². The molecule has 2 N–H and O–H groups in total. The van der Waals surface area contributed by atoms with Gasteiger partial charge in [-0.05, 0) is 32.4 Å². The summed E-state index contributed by atoms with van der Waals surface area (Å²) in [6, 6.07) is 4.54. The molecule has 0 saturated heterocycles. The van der Waals surface area contributed by atoms with Gasteiger partial charge in [0.15, 0.2) is 0 Å². The second-order valence-electron chi connectivity index (χ2n) is 4.53. The first-order valence-electron chi connectivity index (χ1n) is 6.58. The Morgan fingerprint density at radius 3 is 2.74 bits per heavy atom. The Hall–Kier alpha value is -1.62. The number of thiophene rings is 1. The first kappa shape index (κ1) is 13.8. The standard InChI is InChI=1S/C14H20N4S/c1-4-7-16-13-8-15-9-14(18-13)17-11(3)12-6-5-10(2)19-12/h5-6,8-9,11H,4,7H2,1-3H3,(H2,16,17,18). The molecule has 2 heterocycles. The zero-order chi connectivity index (χ0) is 13.7. The fraction of sp³-hybridized carbons (Fsp3) is 0.429. The molecule has 102 valence electrons. The van der Waals surface area contributed by atoms with Crippen molar-refractivity contribution < 1.29 is 0 Å². The highest BCUT2D eigenvalue weighted by molar-refractivity contribution is 7.12. The second-order valence-corrected chi connectivity index (χ2v) is 5.85. The molecule has 0 saturated carbocycles. The van der Waals surface area contributed by atoms with Crippen molar-refractivity contribution in [3.05, 3.63) is 34.3 Å². The van der Waals surface area contributed by atoms with Gasteiger partial charge in [-0.25, -0.2) is 4.98 Å². The van der Waals surface area contributed by atoms with Crippen molar-refractivity contribution in [2.75, 3.05) is 17.2 Å². The van der Waals surface area contributed by atoms with Crippen LogP contribution in [-0.4, -0.2) is 16.5 Å². The third kappa shape index (κ3) is 3.92. The number of nitrogens with one attached hydrogen (secondary N) is 2. The summed E-state index contributed by atoms with van der Waals surface area (Å²) in [5.41, 5.74) is 0. The van der Waals surface area contributed by atoms with Gasteiger partial charge in [0.05, 0.1) is 18.4 Å². The van der Waals surface area contributed by atoms with E-state index in [1.54, 1.807) is 23.7 Å². The lowest BCUT2D eigenvalue weighted by Crippen LogP contribution is -2.09. The summed E-state index contributed by atoms with van der Waals surface area (Å²) in [4.78, 5) is 11.3. The molecule has 2 aromatic rings. The molecule has 19 heavy (non-hydrogen) atoms. The van der Waals surface area contributed by atoms with Crippen molar-refractivity contribution in [1.29, 1.82) is 0 Å². The normalized spacial score (nSPS) is 12.2. The van der Waals surface area contributed by atoms with Crippen molar-refractivity contribution in [3.8, 4) is 0 Å². The van der Waals surface area contributed by atoms with E-state index in [1.807, 2.05) is 0 Å². The van der Waals surface area contributed by atoms with Crippen LogP contribution in [0.3, 0.4) is 0 Å². The third-order valence-electron chi connectivity index (χ3n) is 2.74. The molecule has 0 aliphatic heterocycles. The zero-order valence-corrected chi connectivity index (χ0v) is 12.4. The van der Waals surface area contributed by atoms with Crippen LogP contribution in [0.2, 0.25) is 0 Å². The Bertz CT molecular complexity index is 524. The van der Waals surface area contributed by atoms with Gasteiger partial charge in [-0.1, -0.05) is 6.92 Å². The van der Waals surface area contributed by atoms with Crippen LogP contribution >= 0.6 is 11.3 Å². The number of rotatable bonds is 6. The van der Waals surface area contributed by atoms with Crippen LogP contribution in [0.4, 0.5) is 11.6 Å². The molecule has 0 aromatic carbocycles. The van der Waals surface area contributed by atoms with Gasteiger partial charge in [0.2, 0.25) is 0 Å². The minimum atomic E-state index is 0.245. The highest BCUT2D eigenvalue weighted by Gasteiger charge is 2.08. The highest BCUT2D eigenvalue weighted by Crippen LogP contribution is 2.25. The largest absolute Gasteiger partial charge is 0.369 e. The minimum absolute atomic E-state index is 0.245. The summed E-state index contributed by atoms with van der Waals surface area (Å²) in [6.45, 7) is 7.30. The summed E-state index contributed by atoms with van der Waals surface area (Å²) >= 11 is 1.81. The van der Waals surface area contributed by atoms with Crippen LogP contribution < -0.4 is 10.6 Å². The summed E-state index contributed by atoms with van der Waals surface area (Å²) in [6.07, 6.45) is 4.58. The first-order chi connectivity index (χ1) is 9.19. The van der Waals surface area contributed by atoms with E-state index in [9.17, 15) is 0 Å². The summed E-state index contributed by atoms with van der Waals surface area (Å²) < 4.78 is 0. The Morgan fingerprint density at radius 2 is 2.05 bits per heavy atom. The maximum atomic E-state index is 4.50. The Balaban J connectivity index is 2.02. The Morgan fingerprint density at radius 1 is 1.26 bits per heavy atom. The van der Waals surface area contributed by atoms with E-state index < -0.39 is 0 Å². The van der Waals surface area contributed by atoms with Crippen LogP contribution in [0.15, 0.2) is 24.5 Å². The SMILES string of the molecule is CCCNc1cncc(NC(C)c2ccc(C)s2)n1. The van der Waals surface area contributed by atoms with E-state index >= 15 is 0 Å². The van der Waals surface area contributed by atoms with Gasteiger partial charge in [-0.3, -0.25) is 4.98 Å². The Kier molecular flexibility index (Phi) is 4.74. The molecule has 0 aliphatic carbocycles. The average molecular weight is 276 g/mol. The molecule has 0 radical (unpaired) electrons. The highest BCUT2D eigenvalue weighted by atomic mass is 32.1. The van der Waals surface area contributed by atoms with E-state index in [4.69, 9.17) is 0 Å². The molecule has 2 aromatic heterocycles. The number of anilines is 2. The van der Waals surface area contributed by atoms with Gasteiger partial charge in [-0.2, -0.15) is 0 Å². The molecule has 0 fully saturated rings. The van der Waals surface area contributed by atoms with E-state index in [-0.39, 0.29) is 6.04 Å². The number of aryl methyl sites for hydroxylation is 1. The van der Waals surface area contributed by atoms with Crippen LogP contribution in [0.5, 0.6) is 0 Å². The molecule has 1 unspecified atom stereocenters. The van der Waals surface area contributed by atoms with Crippen molar-refractivity contribution >= 4 is 23.0 Å². The minimum Gasteiger partial charge on any atom is -0.369 e. The maximum absolute atomic E-state index is 4.50. The van der Waals surface area contributed by atoms with Gasteiger partial charge in [0, 0.05) is 16.3 Å². The van der Waals surface area contributed by atoms with E-state index in [1.165, 1.54) is 9.75 Å². The van der Waals surface area contributed by atoms with Crippen molar-refractivity contribution in [3.63, 3.8) is 0 Å². The monoisotopic (exact) mass is 276 g/mol. The zero-order valence-electron chi connectivity index (χ0n) is 11.6. The number of hydrogen-bond donors (Lipinski definition) is 2. The average Bonchev–Trinajstić information content (AvgIpc) is 2.83. The molecule has 0 aliphatic rings. The molecule has 0 bridgehead atoms. The summed E-state index contributed by atoms with van der Waals surface area (Å²) in [7, 11) is 0. The van der Waals surface area contributed by atoms with Gasteiger partial charge in [0.1, 0.15) is 11.6 Å². The van der Waals surface area contributed by atoms with Crippen molar-refractivity contribution in [2.24, 2.45) is 0 Å². The molecule has 0 spiro atoms. The van der Waals surface area contributed by atoms with Gasteiger partial charge < -0.3 is 10.6 Å². The lowest BCUT2D eigenvalue weighted by atomic mass is 10.3. The van der Waals surface area contributed by atoms with E-state index in [0.717, 1.165) is 24.6 Å². The second kappa shape index (κ2) is 6.52. The predicted octanol–water partition coefficient (Wildman–Crippen LogP) is 3.84. The Labute approximate surface area is 118 Å². The van der Waals surface area contributed by atoms with Crippen molar-refractivity contribution in [1.82, 2.24) is 9.97 Å². The molecular formula is C14H20N4S. The molecular weight excluding hydrogens is 256 g/mol. The first-order valence-corrected chi connectivity index (χ1v) is 7.39. The summed E-state index contributed by atoms with van der Waals surface area (Å²) in [5.74, 6) is 1.63. The molecule has 5 heteroatoms. The van der Waals surface area contributed by atoms with Crippen LogP contribution in [0, 0.1) is 6.92 Å². The summed E-state index contributed by atoms with van der Waals surface area (Å²) in [5, 5.41) is 6.63. The fourth-order valence-electron chi connectivity index (χ4n) is 1.75. The van der Waals surface area contributed by atoms with E-state index in [0.29, 0.717) is 0 Å². The number of aromatic nitrogens is 2. The van der Waals surface area contributed by atoms with Gasteiger partial charge in [-0.15, -0.1) is 11.3 Å². The van der Waals surface area contributed by atoms with Crippen LogP contribution in [0.25, 0.3) is 0 Å². The molecule has 1 atom stereocenters.